The van der Waals surface area contributed by atoms with Crippen molar-refractivity contribution in [2.24, 2.45) is 23.2 Å². The highest BCUT2D eigenvalue weighted by molar-refractivity contribution is 6.08. The van der Waals surface area contributed by atoms with E-state index in [2.05, 4.69) is 31.8 Å². The van der Waals surface area contributed by atoms with Crippen molar-refractivity contribution in [2.75, 3.05) is 14.1 Å². The predicted octanol–water partition coefficient (Wildman–Crippen LogP) is 3.43. The molecule has 2 fully saturated rings. The fraction of sp³-hybridized carbons (Fsp3) is 0.714. The number of nitrogens with zero attached hydrogens (tertiary/aromatic N) is 2. The van der Waals surface area contributed by atoms with Crippen LogP contribution in [0, 0.1) is 30.1 Å². The van der Waals surface area contributed by atoms with Crippen LogP contribution in [-0.4, -0.2) is 40.9 Å². The molecule has 1 aromatic rings. The van der Waals surface area contributed by atoms with E-state index in [1.54, 1.807) is 19.1 Å². The van der Waals surface area contributed by atoms with Crippen LogP contribution in [0.5, 0.6) is 0 Å². The first-order valence-electron chi connectivity index (χ1n) is 9.85. The first-order chi connectivity index (χ1) is 12.1. The maximum Gasteiger partial charge on any atom is 0.252 e. The Morgan fingerprint density at radius 3 is 2.46 bits per heavy atom. The van der Waals surface area contributed by atoms with Crippen molar-refractivity contribution < 1.29 is 9.59 Å². The van der Waals surface area contributed by atoms with Gasteiger partial charge >= 0.3 is 0 Å². The van der Waals surface area contributed by atoms with E-state index < -0.39 is 0 Å². The van der Waals surface area contributed by atoms with E-state index in [1.807, 2.05) is 6.92 Å². The number of hydrogen-bond acceptors (Lipinski definition) is 3. The monoisotopic (exact) mass is 357 g/mol. The molecule has 3 aliphatic rings. The van der Waals surface area contributed by atoms with Gasteiger partial charge in [0.15, 0.2) is 0 Å². The zero-order valence-electron chi connectivity index (χ0n) is 16.8. The maximum atomic E-state index is 13.3. The molecule has 1 aliphatic heterocycles. The van der Waals surface area contributed by atoms with Gasteiger partial charge in [-0.25, -0.2) is 10.0 Å². The van der Waals surface area contributed by atoms with Gasteiger partial charge in [0.05, 0.1) is 11.8 Å². The lowest BCUT2D eigenvalue weighted by Crippen LogP contribution is -2.44. The number of hydrazine groups is 1. The Kier molecular flexibility index (Phi) is 3.89. The number of imide groups is 1. The van der Waals surface area contributed by atoms with Crippen LogP contribution in [0.2, 0.25) is 0 Å². The number of aromatic amines is 1. The van der Waals surface area contributed by atoms with Crippen molar-refractivity contribution in [1.82, 2.24) is 15.0 Å². The summed E-state index contributed by atoms with van der Waals surface area (Å²) in [4.78, 5) is 30.0. The number of carbonyl (C=O) groups excluding carboxylic acids is 2. The van der Waals surface area contributed by atoms with Crippen LogP contribution >= 0.6 is 0 Å². The molecule has 0 aromatic carbocycles. The van der Waals surface area contributed by atoms with Gasteiger partial charge in [-0.1, -0.05) is 20.8 Å². The molecule has 5 atom stereocenters. The zero-order chi connectivity index (χ0) is 19.0. The maximum absolute atomic E-state index is 13.3. The molecule has 1 N–H and O–H groups in total. The molecule has 2 aliphatic carbocycles. The molecule has 1 saturated heterocycles. The third-order valence-corrected chi connectivity index (χ3v) is 7.03. The first-order valence-corrected chi connectivity index (χ1v) is 9.85. The second kappa shape index (κ2) is 5.69. The predicted molar refractivity (Wildman–Crippen MR) is 100 cm³/mol. The molecule has 4 rings (SSSR count). The van der Waals surface area contributed by atoms with E-state index in [-0.39, 0.29) is 35.0 Å². The van der Waals surface area contributed by atoms with Crippen LogP contribution in [0.4, 0.5) is 0 Å². The summed E-state index contributed by atoms with van der Waals surface area (Å²) in [5.74, 6) is 0.647. The van der Waals surface area contributed by atoms with Crippen LogP contribution in [0.1, 0.15) is 68.8 Å². The fourth-order valence-corrected chi connectivity index (χ4v) is 5.77. The summed E-state index contributed by atoms with van der Waals surface area (Å²) < 4.78 is 0. The number of carbonyl (C=O) groups is 2. The molecule has 3 unspecified atom stereocenters. The van der Waals surface area contributed by atoms with E-state index in [0.717, 1.165) is 24.1 Å². The second-order valence-electron chi connectivity index (χ2n) is 9.81. The van der Waals surface area contributed by atoms with Crippen molar-refractivity contribution in [3.8, 4) is 0 Å². The highest BCUT2D eigenvalue weighted by Crippen LogP contribution is 2.58. The number of amides is 2. The van der Waals surface area contributed by atoms with E-state index >= 15 is 0 Å². The van der Waals surface area contributed by atoms with Gasteiger partial charge in [0.25, 0.3) is 5.91 Å². The summed E-state index contributed by atoms with van der Waals surface area (Å²) in [6, 6.07) is 2.10. The Balaban J connectivity index is 1.81. The standard InChI is InChI=1S/C21H31N3O2/c1-11-9-15-17-16(19(25)24(20(17)26)23(5)6)14-10-12(21(2,3)4)7-8-13(14)18(15)22-11/h9,12-14,16-17,22H,7-8,10H2,1-6H3/t12?,13?,14?,16-,17+/m0/s1. The smallest absolute Gasteiger partial charge is 0.252 e. The van der Waals surface area contributed by atoms with Crippen molar-refractivity contribution in [2.45, 2.75) is 58.8 Å². The molecule has 0 bridgehead atoms. The summed E-state index contributed by atoms with van der Waals surface area (Å²) in [7, 11) is 3.57. The van der Waals surface area contributed by atoms with Crippen molar-refractivity contribution in [3.63, 3.8) is 0 Å². The Morgan fingerprint density at radius 1 is 1.15 bits per heavy atom. The Labute approximate surface area is 156 Å². The third-order valence-electron chi connectivity index (χ3n) is 7.03. The van der Waals surface area contributed by atoms with Crippen LogP contribution in [0.15, 0.2) is 6.07 Å². The number of rotatable bonds is 1. The topological polar surface area (TPSA) is 56.4 Å². The first kappa shape index (κ1) is 17.8. The summed E-state index contributed by atoms with van der Waals surface area (Å²) in [5.41, 5.74) is 3.63. The average Bonchev–Trinajstić information content (AvgIpc) is 3.03. The minimum atomic E-state index is -0.315. The number of hydrogen-bond donors (Lipinski definition) is 1. The highest BCUT2D eigenvalue weighted by Gasteiger charge is 2.59. The molecule has 5 heteroatoms. The molecule has 1 saturated carbocycles. The van der Waals surface area contributed by atoms with Gasteiger partial charge in [0.2, 0.25) is 5.91 Å². The molecular formula is C21H31N3O2. The van der Waals surface area contributed by atoms with Gasteiger partial charge < -0.3 is 4.98 Å². The SMILES string of the molecule is Cc1cc2c([nH]1)C1CCC(C(C)(C)C)CC1[C@@H]1C(=O)N(N(C)C)C(=O)[C@H]21. The van der Waals surface area contributed by atoms with E-state index in [1.165, 1.54) is 17.1 Å². The van der Waals surface area contributed by atoms with Gasteiger partial charge in [-0.3, -0.25) is 9.59 Å². The quantitative estimate of drug-likeness (QED) is 0.784. The number of aryl methyl sites for hydroxylation is 1. The normalized spacial score (nSPS) is 34.1. The number of fused-ring (bicyclic) bond motifs is 6. The highest BCUT2D eigenvalue weighted by atomic mass is 16.2. The van der Waals surface area contributed by atoms with Gasteiger partial charge in [0.1, 0.15) is 0 Å². The van der Waals surface area contributed by atoms with Gasteiger partial charge in [0, 0.05) is 31.4 Å². The van der Waals surface area contributed by atoms with Crippen LogP contribution in [0.3, 0.4) is 0 Å². The summed E-state index contributed by atoms with van der Waals surface area (Å²) in [6.45, 7) is 8.96. The van der Waals surface area contributed by atoms with Crippen LogP contribution < -0.4 is 0 Å². The molecule has 5 nitrogen and oxygen atoms in total. The summed E-state index contributed by atoms with van der Waals surface area (Å²) >= 11 is 0. The minimum Gasteiger partial charge on any atom is -0.362 e. The van der Waals surface area contributed by atoms with Crippen molar-refractivity contribution >= 4 is 11.8 Å². The van der Waals surface area contributed by atoms with Crippen LogP contribution in [-0.2, 0) is 9.59 Å². The lowest BCUT2D eigenvalue weighted by molar-refractivity contribution is -0.154. The lowest BCUT2D eigenvalue weighted by atomic mass is 9.57. The summed E-state index contributed by atoms with van der Waals surface area (Å²) in [6.07, 6.45) is 3.33. The second-order valence-corrected chi connectivity index (χ2v) is 9.81. The Hall–Kier alpha value is -1.62. The number of nitrogens with one attached hydrogen (secondary N) is 1. The molecule has 0 radical (unpaired) electrons. The molecule has 26 heavy (non-hydrogen) atoms. The molecule has 0 spiro atoms. The number of H-pyrrole nitrogens is 1. The molecular weight excluding hydrogens is 326 g/mol. The van der Waals surface area contributed by atoms with Crippen molar-refractivity contribution in [3.05, 3.63) is 23.0 Å². The summed E-state index contributed by atoms with van der Waals surface area (Å²) in [5, 5.41) is 3.03. The molecule has 142 valence electrons. The van der Waals surface area contributed by atoms with Gasteiger partial charge in [-0.05, 0) is 55.1 Å². The Bertz CT molecular complexity index is 758. The van der Waals surface area contributed by atoms with E-state index in [4.69, 9.17) is 0 Å². The van der Waals surface area contributed by atoms with Crippen LogP contribution in [0.25, 0.3) is 0 Å². The van der Waals surface area contributed by atoms with Gasteiger partial charge in [-0.2, -0.15) is 0 Å². The van der Waals surface area contributed by atoms with E-state index in [9.17, 15) is 9.59 Å². The largest absolute Gasteiger partial charge is 0.362 e. The molecule has 2 heterocycles. The molecule has 1 aromatic heterocycles. The fourth-order valence-electron chi connectivity index (χ4n) is 5.77. The van der Waals surface area contributed by atoms with E-state index in [0.29, 0.717) is 11.8 Å². The van der Waals surface area contributed by atoms with Crippen molar-refractivity contribution in [1.29, 1.82) is 0 Å². The Morgan fingerprint density at radius 2 is 1.85 bits per heavy atom. The third kappa shape index (κ3) is 2.39. The zero-order valence-corrected chi connectivity index (χ0v) is 16.8. The van der Waals surface area contributed by atoms with Gasteiger partial charge in [-0.15, -0.1) is 0 Å². The lowest BCUT2D eigenvalue weighted by Gasteiger charge is -2.46. The number of aromatic nitrogens is 1. The minimum absolute atomic E-state index is 0.000868. The average molecular weight is 357 g/mol. The molecule has 2 amide bonds.